The molecule has 0 saturated heterocycles. The van der Waals surface area contributed by atoms with Crippen molar-refractivity contribution in [1.82, 2.24) is 9.55 Å². The molecular formula is C19H20ClN3O4S2. The van der Waals surface area contributed by atoms with Gasteiger partial charge in [0.2, 0.25) is 10.0 Å². The van der Waals surface area contributed by atoms with E-state index in [9.17, 15) is 8.42 Å². The van der Waals surface area contributed by atoms with Gasteiger partial charge in [-0.15, -0.1) is 0 Å². The molecule has 1 aliphatic rings. The van der Waals surface area contributed by atoms with Gasteiger partial charge >= 0.3 is 0 Å². The summed E-state index contributed by atoms with van der Waals surface area (Å²) in [7, 11) is -3.78. The van der Waals surface area contributed by atoms with Crippen LogP contribution in [-0.2, 0) is 33.7 Å². The van der Waals surface area contributed by atoms with Crippen molar-refractivity contribution in [3.63, 3.8) is 0 Å². The molecule has 1 aromatic heterocycles. The molecule has 0 saturated carbocycles. The number of hydrogen-bond donors (Lipinski definition) is 1. The number of primary sulfonamides is 1. The van der Waals surface area contributed by atoms with Crippen LogP contribution in [0.2, 0.25) is 5.02 Å². The predicted octanol–water partition coefficient (Wildman–Crippen LogP) is 3.91. The molecule has 4 rings (SSSR count). The van der Waals surface area contributed by atoms with E-state index < -0.39 is 10.0 Å². The Morgan fingerprint density at radius 3 is 2.90 bits per heavy atom. The lowest BCUT2D eigenvalue weighted by Crippen LogP contribution is -2.13. The van der Waals surface area contributed by atoms with E-state index in [1.54, 1.807) is 17.8 Å². The number of benzene rings is 2. The molecule has 0 amide bonds. The van der Waals surface area contributed by atoms with Crippen LogP contribution in [0.25, 0.3) is 11.0 Å². The Labute approximate surface area is 178 Å². The molecule has 0 unspecified atom stereocenters. The Morgan fingerprint density at radius 1 is 1.31 bits per heavy atom. The molecule has 10 heteroatoms. The van der Waals surface area contributed by atoms with Crippen LogP contribution < -0.4 is 9.88 Å². The van der Waals surface area contributed by atoms with E-state index in [-0.39, 0.29) is 11.7 Å². The highest BCUT2D eigenvalue weighted by molar-refractivity contribution is 7.98. The highest BCUT2D eigenvalue weighted by Gasteiger charge is 2.19. The Balaban J connectivity index is 1.69. The van der Waals surface area contributed by atoms with Gasteiger partial charge < -0.3 is 14.0 Å². The van der Waals surface area contributed by atoms with E-state index in [2.05, 4.69) is 16.5 Å². The number of thioether (sulfide) groups is 1. The van der Waals surface area contributed by atoms with Gasteiger partial charge in [-0.3, -0.25) is 0 Å². The van der Waals surface area contributed by atoms with Crippen LogP contribution in [0.4, 0.5) is 0 Å². The normalized spacial score (nSPS) is 14.0. The van der Waals surface area contributed by atoms with Gasteiger partial charge in [0.15, 0.2) is 11.9 Å². The van der Waals surface area contributed by atoms with Crippen LogP contribution in [-0.4, -0.2) is 24.8 Å². The fraction of sp³-hybridized carbons (Fsp3) is 0.316. The number of fused-ring (bicyclic) bond motifs is 2. The summed E-state index contributed by atoms with van der Waals surface area (Å²) in [6.07, 6.45) is 0.920. The number of nitrogens with zero attached hydrogens (tertiary/aromatic N) is 2. The number of rotatable bonds is 6. The largest absolute Gasteiger partial charge is 0.467 e. The number of aryl methyl sites for hydroxylation is 1. The van der Waals surface area contributed by atoms with Crippen molar-refractivity contribution in [3.05, 3.63) is 46.5 Å². The molecule has 2 aromatic carbocycles. The molecule has 1 aliphatic heterocycles. The Hall–Kier alpha value is -1.78. The number of imidazole rings is 1. The topological polar surface area (TPSA) is 96.4 Å². The second-order valence-electron chi connectivity index (χ2n) is 6.69. The van der Waals surface area contributed by atoms with Gasteiger partial charge in [-0.25, -0.2) is 18.5 Å². The van der Waals surface area contributed by atoms with Crippen LogP contribution in [0.1, 0.15) is 24.5 Å². The zero-order chi connectivity index (χ0) is 20.6. The summed E-state index contributed by atoms with van der Waals surface area (Å²) >= 11 is 7.81. The fourth-order valence-corrected chi connectivity index (χ4v) is 5.13. The quantitative estimate of drug-likeness (QED) is 0.568. The minimum absolute atomic E-state index is 0.0556. The van der Waals surface area contributed by atoms with E-state index in [0.717, 1.165) is 40.5 Å². The molecule has 3 aromatic rings. The Morgan fingerprint density at radius 2 is 2.14 bits per heavy atom. The lowest BCUT2D eigenvalue weighted by atomic mass is 10.1. The summed E-state index contributed by atoms with van der Waals surface area (Å²) < 4.78 is 36.5. The average molecular weight is 454 g/mol. The SMILES string of the molecule is CCCn1c(SCc2cc(Cl)cc3c2OCOC3)nc2cc(S(N)(=O)=O)ccc21. The summed E-state index contributed by atoms with van der Waals surface area (Å²) in [5, 5.41) is 6.69. The van der Waals surface area contributed by atoms with Gasteiger partial charge in [-0.1, -0.05) is 30.3 Å². The van der Waals surface area contributed by atoms with E-state index in [1.807, 2.05) is 12.1 Å². The highest BCUT2D eigenvalue weighted by Crippen LogP contribution is 2.36. The smallest absolute Gasteiger partial charge is 0.238 e. The number of sulfonamides is 1. The van der Waals surface area contributed by atoms with Crippen molar-refractivity contribution in [2.75, 3.05) is 6.79 Å². The third kappa shape index (κ3) is 4.24. The monoisotopic (exact) mass is 453 g/mol. The first-order valence-electron chi connectivity index (χ1n) is 9.04. The van der Waals surface area contributed by atoms with Gasteiger partial charge in [0.05, 0.1) is 22.5 Å². The molecule has 2 N–H and O–H groups in total. The molecule has 7 nitrogen and oxygen atoms in total. The number of aromatic nitrogens is 2. The zero-order valence-corrected chi connectivity index (χ0v) is 18.1. The molecule has 154 valence electrons. The molecule has 0 radical (unpaired) electrons. The Kier molecular flexibility index (Phi) is 5.76. The van der Waals surface area contributed by atoms with E-state index in [1.165, 1.54) is 12.1 Å². The van der Waals surface area contributed by atoms with Gasteiger partial charge in [0, 0.05) is 28.4 Å². The van der Waals surface area contributed by atoms with Crippen LogP contribution in [0.3, 0.4) is 0 Å². The summed E-state index contributed by atoms with van der Waals surface area (Å²) in [6, 6.07) is 8.53. The highest BCUT2D eigenvalue weighted by atomic mass is 35.5. The fourth-order valence-electron chi connectivity index (χ4n) is 3.32. The zero-order valence-electron chi connectivity index (χ0n) is 15.7. The number of halogens is 1. The standard InChI is InChI=1S/C19H20ClN3O4S2/c1-2-5-23-17-4-3-15(29(21,24)25)8-16(17)22-19(23)28-10-13-7-14(20)6-12-9-26-11-27-18(12)13/h3-4,6-8H,2,5,9-11H2,1H3,(H2,21,24,25). The van der Waals surface area contributed by atoms with Crippen molar-refractivity contribution in [2.45, 2.75) is 42.3 Å². The summed E-state index contributed by atoms with van der Waals surface area (Å²) in [4.78, 5) is 4.72. The van der Waals surface area contributed by atoms with Gasteiger partial charge in [0.25, 0.3) is 0 Å². The first kappa shape index (κ1) is 20.5. The third-order valence-electron chi connectivity index (χ3n) is 4.57. The van der Waals surface area contributed by atoms with Gasteiger partial charge in [-0.05, 0) is 36.8 Å². The van der Waals surface area contributed by atoms with Crippen molar-refractivity contribution in [1.29, 1.82) is 0 Å². The van der Waals surface area contributed by atoms with Gasteiger partial charge in [-0.2, -0.15) is 0 Å². The maximum Gasteiger partial charge on any atom is 0.238 e. The first-order chi connectivity index (χ1) is 13.9. The maximum atomic E-state index is 11.7. The van der Waals surface area contributed by atoms with Crippen LogP contribution in [0, 0.1) is 0 Å². The van der Waals surface area contributed by atoms with Crippen molar-refractivity contribution in [3.8, 4) is 5.75 Å². The molecule has 0 spiro atoms. The van der Waals surface area contributed by atoms with E-state index in [0.29, 0.717) is 22.9 Å². The molecule has 0 bridgehead atoms. The van der Waals surface area contributed by atoms with Crippen molar-refractivity contribution >= 4 is 44.4 Å². The number of nitrogens with two attached hydrogens (primary N) is 1. The summed E-state index contributed by atoms with van der Waals surface area (Å²) in [6.45, 7) is 3.54. The van der Waals surface area contributed by atoms with Crippen LogP contribution >= 0.6 is 23.4 Å². The lowest BCUT2D eigenvalue weighted by Gasteiger charge is -2.21. The first-order valence-corrected chi connectivity index (χ1v) is 12.0. The minimum atomic E-state index is -3.78. The second-order valence-corrected chi connectivity index (χ2v) is 9.63. The van der Waals surface area contributed by atoms with Crippen LogP contribution in [0.15, 0.2) is 40.4 Å². The molecule has 2 heterocycles. The molecular weight excluding hydrogens is 434 g/mol. The Bertz CT molecular complexity index is 1180. The number of ether oxygens (including phenoxy) is 2. The summed E-state index contributed by atoms with van der Waals surface area (Å²) in [5.74, 6) is 1.42. The van der Waals surface area contributed by atoms with Crippen molar-refractivity contribution < 1.29 is 17.9 Å². The molecule has 0 atom stereocenters. The summed E-state index contributed by atoms with van der Waals surface area (Å²) in [5.41, 5.74) is 3.38. The molecule has 29 heavy (non-hydrogen) atoms. The van der Waals surface area contributed by atoms with E-state index in [4.69, 9.17) is 26.2 Å². The average Bonchev–Trinajstić information content (AvgIpc) is 3.02. The maximum absolute atomic E-state index is 11.7. The minimum Gasteiger partial charge on any atom is -0.467 e. The van der Waals surface area contributed by atoms with E-state index >= 15 is 0 Å². The predicted molar refractivity (Wildman–Crippen MR) is 113 cm³/mol. The number of hydrogen-bond acceptors (Lipinski definition) is 6. The third-order valence-corrected chi connectivity index (χ3v) is 6.72. The second kappa shape index (κ2) is 8.16. The van der Waals surface area contributed by atoms with Crippen molar-refractivity contribution in [2.24, 2.45) is 5.14 Å². The molecule has 0 aliphatic carbocycles. The van der Waals surface area contributed by atoms with Gasteiger partial charge in [0.1, 0.15) is 5.75 Å². The lowest BCUT2D eigenvalue weighted by molar-refractivity contribution is -0.0168. The molecule has 0 fully saturated rings. The van der Waals surface area contributed by atoms with Crippen LogP contribution in [0.5, 0.6) is 5.75 Å².